The maximum atomic E-state index is 6.44. The van der Waals surface area contributed by atoms with Crippen molar-refractivity contribution in [1.29, 1.82) is 0 Å². The number of benzene rings is 2. The van der Waals surface area contributed by atoms with Gasteiger partial charge in [-0.3, -0.25) is 4.90 Å². The quantitative estimate of drug-likeness (QED) is 0.330. The number of hydrogen-bond acceptors (Lipinski definition) is 4. The minimum Gasteiger partial charge on any atom is -0.497 e. The van der Waals surface area contributed by atoms with Crippen LogP contribution in [0.5, 0.6) is 11.5 Å². The zero-order chi connectivity index (χ0) is 22.1. The van der Waals surface area contributed by atoms with Crippen LogP contribution in [0, 0.1) is 5.92 Å². The zero-order valence-corrected chi connectivity index (χ0v) is 19.9. The summed E-state index contributed by atoms with van der Waals surface area (Å²) in [7, 11) is 5.72. The molecule has 0 heterocycles. The summed E-state index contributed by atoms with van der Waals surface area (Å²) in [4.78, 5) is 2.05. The van der Waals surface area contributed by atoms with E-state index in [9.17, 15) is 0 Å². The van der Waals surface area contributed by atoms with E-state index in [2.05, 4.69) is 43.0 Å². The Bertz CT molecular complexity index is 766. The molecule has 2 aromatic rings. The first-order valence-electron chi connectivity index (χ1n) is 10.6. The molecule has 0 N–H and O–H groups in total. The smallest absolute Gasteiger partial charge is 0.178 e. The highest BCUT2D eigenvalue weighted by Crippen LogP contribution is 2.24. The molecular weight excluding hydrogens is 398 g/mol. The largest absolute Gasteiger partial charge is 0.497 e. The second-order valence-corrected chi connectivity index (χ2v) is 8.81. The topological polar surface area (TPSA) is 30.9 Å². The molecule has 0 radical (unpaired) electrons. The van der Waals surface area contributed by atoms with E-state index in [1.54, 1.807) is 7.11 Å². The monoisotopic (exact) mass is 433 g/mol. The van der Waals surface area contributed by atoms with Crippen LogP contribution in [0.1, 0.15) is 31.9 Å². The number of nitrogens with zero attached hydrogens (tertiary/aromatic N) is 1. The van der Waals surface area contributed by atoms with Crippen LogP contribution in [0.3, 0.4) is 0 Å². The van der Waals surface area contributed by atoms with Crippen molar-refractivity contribution in [3.8, 4) is 11.5 Å². The van der Waals surface area contributed by atoms with Crippen LogP contribution in [-0.4, -0.2) is 50.4 Å². The third-order valence-electron chi connectivity index (χ3n) is 5.35. The molecule has 0 saturated heterocycles. The average Bonchev–Trinajstić information content (AvgIpc) is 2.74. The van der Waals surface area contributed by atoms with Gasteiger partial charge in [-0.15, -0.1) is 11.6 Å². The highest BCUT2D eigenvalue weighted by Gasteiger charge is 2.24. The Balaban J connectivity index is 2.06. The van der Waals surface area contributed by atoms with Crippen molar-refractivity contribution in [2.45, 2.75) is 51.3 Å². The Morgan fingerprint density at radius 3 is 2.37 bits per heavy atom. The Labute approximate surface area is 187 Å². The molecule has 4 atom stereocenters. The highest BCUT2D eigenvalue weighted by atomic mass is 35.5. The van der Waals surface area contributed by atoms with E-state index in [-0.39, 0.29) is 23.6 Å². The van der Waals surface area contributed by atoms with Crippen LogP contribution in [0.25, 0.3) is 0 Å². The predicted molar refractivity (Wildman–Crippen MR) is 125 cm³/mol. The Morgan fingerprint density at radius 1 is 0.967 bits per heavy atom. The number of likely N-dealkylation sites (N-methyl/N-ethyl adjacent to an activating group) is 1. The van der Waals surface area contributed by atoms with Gasteiger partial charge in [0.2, 0.25) is 0 Å². The van der Waals surface area contributed by atoms with Crippen LogP contribution in [-0.2, 0) is 17.6 Å². The molecule has 2 rings (SSSR count). The van der Waals surface area contributed by atoms with Crippen LogP contribution < -0.4 is 9.47 Å². The van der Waals surface area contributed by atoms with Gasteiger partial charge in [-0.05, 0) is 76.0 Å². The predicted octanol–water partition coefficient (Wildman–Crippen LogP) is 5.42. The first kappa shape index (κ1) is 24.5. The number of hydrogen-bond donors (Lipinski definition) is 0. The van der Waals surface area contributed by atoms with Crippen molar-refractivity contribution >= 4 is 11.6 Å². The number of ether oxygens (including phenoxy) is 3. The minimum atomic E-state index is -0.194. The highest BCUT2D eigenvalue weighted by molar-refractivity contribution is 6.20. The fourth-order valence-electron chi connectivity index (χ4n) is 3.20. The summed E-state index contributed by atoms with van der Waals surface area (Å²) in [6, 6.07) is 16.4. The molecule has 0 aliphatic carbocycles. The van der Waals surface area contributed by atoms with Gasteiger partial charge in [0.25, 0.3) is 0 Å². The van der Waals surface area contributed by atoms with Gasteiger partial charge >= 0.3 is 0 Å². The zero-order valence-electron chi connectivity index (χ0n) is 19.1. The lowest BCUT2D eigenvalue weighted by molar-refractivity contribution is -0.0801. The number of para-hydroxylation sites is 1. The molecule has 0 bridgehead atoms. The lowest BCUT2D eigenvalue weighted by Gasteiger charge is -2.32. The van der Waals surface area contributed by atoms with E-state index in [1.807, 2.05) is 45.3 Å². The van der Waals surface area contributed by atoms with Crippen LogP contribution in [0.2, 0.25) is 0 Å². The van der Waals surface area contributed by atoms with Gasteiger partial charge in [0.05, 0.1) is 13.7 Å². The molecule has 0 amide bonds. The Kier molecular flexibility index (Phi) is 9.96. The van der Waals surface area contributed by atoms with E-state index < -0.39 is 0 Å². The van der Waals surface area contributed by atoms with E-state index in [0.29, 0.717) is 6.61 Å². The average molecular weight is 434 g/mol. The molecular formula is C25H36ClNO3. The molecule has 0 aliphatic rings. The Hall–Kier alpha value is -1.75. The summed E-state index contributed by atoms with van der Waals surface area (Å²) in [6.07, 6.45) is 1.52. The van der Waals surface area contributed by atoms with Crippen molar-refractivity contribution in [3.63, 3.8) is 0 Å². The van der Waals surface area contributed by atoms with E-state index in [1.165, 1.54) is 11.1 Å². The Morgan fingerprint density at radius 2 is 1.70 bits per heavy atom. The van der Waals surface area contributed by atoms with Crippen LogP contribution >= 0.6 is 11.6 Å². The van der Waals surface area contributed by atoms with E-state index >= 15 is 0 Å². The van der Waals surface area contributed by atoms with Crippen molar-refractivity contribution in [1.82, 2.24) is 4.90 Å². The summed E-state index contributed by atoms with van der Waals surface area (Å²) in [5.41, 5.74) is 2.43. The molecule has 3 unspecified atom stereocenters. The number of methoxy groups -OCH3 is 1. The molecule has 0 fully saturated rings. The maximum absolute atomic E-state index is 6.44. The van der Waals surface area contributed by atoms with Crippen molar-refractivity contribution < 1.29 is 14.2 Å². The second kappa shape index (κ2) is 12.2. The van der Waals surface area contributed by atoms with Crippen molar-refractivity contribution in [2.75, 3.05) is 27.8 Å². The van der Waals surface area contributed by atoms with Crippen molar-refractivity contribution in [2.24, 2.45) is 5.92 Å². The summed E-state index contributed by atoms with van der Waals surface area (Å²) in [5, 5.41) is 0.0771. The lowest BCUT2D eigenvalue weighted by Crippen LogP contribution is -2.44. The molecule has 0 aromatic heterocycles. The van der Waals surface area contributed by atoms with E-state index in [0.717, 1.165) is 24.3 Å². The van der Waals surface area contributed by atoms with Crippen LogP contribution in [0.15, 0.2) is 48.5 Å². The summed E-state index contributed by atoms with van der Waals surface area (Å²) >= 11 is 6.18. The first-order chi connectivity index (χ1) is 14.3. The fourth-order valence-corrected chi connectivity index (χ4v) is 3.27. The second-order valence-electron chi connectivity index (χ2n) is 8.12. The number of rotatable bonds is 12. The normalized spacial score (nSPS) is 15.5. The van der Waals surface area contributed by atoms with Gasteiger partial charge in [-0.25, -0.2) is 0 Å². The van der Waals surface area contributed by atoms with Gasteiger partial charge in [-0.1, -0.05) is 37.3 Å². The minimum absolute atomic E-state index is 0.0771. The first-order valence-corrected chi connectivity index (χ1v) is 11.0. The lowest BCUT2D eigenvalue weighted by atomic mass is 10.0. The van der Waals surface area contributed by atoms with E-state index in [4.69, 9.17) is 25.8 Å². The molecule has 0 saturated carbocycles. The number of halogens is 1. The molecule has 5 heteroatoms. The van der Waals surface area contributed by atoms with Gasteiger partial charge < -0.3 is 14.2 Å². The van der Waals surface area contributed by atoms with Gasteiger partial charge in [0, 0.05) is 5.38 Å². The molecule has 4 nitrogen and oxygen atoms in total. The van der Waals surface area contributed by atoms with Crippen LogP contribution in [0.4, 0.5) is 0 Å². The molecule has 166 valence electrons. The third kappa shape index (κ3) is 7.50. The fraction of sp³-hybridized carbons (Fsp3) is 0.520. The number of alkyl halides is 1. The maximum Gasteiger partial charge on any atom is 0.178 e. The summed E-state index contributed by atoms with van der Waals surface area (Å²) in [5.74, 6) is 2.07. The SMILES string of the molecule is COc1cccc(CCc2ccccc2O[C@H](C(C)OCC(C)C(C)Cl)N(C)C)c1. The van der Waals surface area contributed by atoms with Crippen molar-refractivity contribution in [3.05, 3.63) is 59.7 Å². The molecule has 0 aliphatic heterocycles. The molecule has 2 aromatic carbocycles. The summed E-state index contributed by atoms with van der Waals surface area (Å²) < 4.78 is 17.9. The van der Waals surface area contributed by atoms with Gasteiger partial charge in [0.15, 0.2) is 6.23 Å². The van der Waals surface area contributed by atoms with Gasteiger partial charge in [-0.2, -0.15) is 0 Å². The third-order valence-corrected chi connectivity index (χ3v) is 5.78. The number of aryl methyl sites for hydroxylation is 2. The van der Waals surface area contributed by atoms with Gasteiger partial charge in [0.1, 0.15) is 17.6 Å². The molecule has 30 heavy (non-hydrogen) atoms. The molecule has 0 spiro atoms. The summed E-state index contributed by atoms with van der Waals surface area (Å²) in [6.45, 7) is 6.76. The standard InChI is InChI=1S/C25H36ClNO3/c1-18(19(2)26)17-29-20(3)25(27(4)5)30-24-13-8-7-11-22(24)15-14-21-10-9-12-23(16-21)28-6/h7-13,16,18-20,25H,14-15,17H2,1-6H3/t18?,19?,20?,25-/m1/s1.